The van der Waals surface area contributed by atoms with Gasteiger partial charge in [-0.2, -0.15) is 5.21 Å². The minimum atomic E-state index is -1.31. The van der Waals surface area contributed by atoms with Crippen LogP contribution in [0.5, 0.6) is 23.0 Å². The quantitative estimate of drug-likeness (QED) is 0.0365. The van der Waals surface area contributed by atoms with Crippen molar-refractivity contribution in [2.75, 3.05) is 111 Å². The molecule has 0 aromatic heterocycles. The van der Waals surface area contributed by atoms with Crippen LogP contribution in [-0.4, -0.2) is 134 Å². The highest BCUT2D eigenvalue weighted by Crippen LogP contribution is 2.36. The summed E-state index contributed by atoms with van der Waals surface area (Å²) in [7, 11) is 0. The van der Waals surface area contributed by atoms with Gasteiger partial charge >= 0.3 is 30.1 Å². The lowest BCUT2D eigenvalue weighted by molar-refractivity contribution is -0.146. The number of aryl methyl sites for hydroxylation is 2. The molecule has 1 heterocycles. The van der Waals surface area contributed by atoms with Gasteiger partial charge in [-0.25, -0.2) is 4.79 Å². The fourth-order valence-corrected chi connectivity index (χ4v) is 10.7. The molecule has 100 heavy (non-hydrogen) atoms. The smallest absolute Gasteiger partial charge is 0.395 e. The Morgan fingerprint density at radius 2 is 0.870 bits per heavy atom. The number of para-hydroxylation sites is 3. The molecule has 524 valence electrons. The van der Waals surface area contributed by atoms with Gasteiger partial charge in [0.25, 0.3) is 11.2 Å². The van der Waals surface area contributed by atoms with Crippen molar-refractivity contribution >= 4 is 23.7 Å². The Morgan fingerprint density at radius 3 is 1.32 bits per heavy atom. The highest BCUT2D eigenvalue weighted by atomic mass is 16.6. The number of hydrogen-bond donors (Lipinski definition) is 2. The van der Waals surface area contributed by atoms with Crippen LogP contribution >= 0.6 is 0 Å². The number of esters is 2. The van der Waals surface area contributed by atoms with Crippen LogP contribution < -0.4 is 24.3 Å². The van der Waals surface area contributed by atoms with Gasteiger partial charge in [0.05, 0.1) is 72.6 Å². The van der Waals surface area contributed by atoms with Crippen molar-refractivity contribution in [1.29, 1.82) is 0 Å². The molecule has 0 spiro atoms. The van der Waals surface area contributed by atoms with Crippen molar-refractivity contribution < 1.29 is 76.4 Å². The molecular weight excluding hydrogens is 1280 g/mol. The van der Waals surface area contributed by atoms with Crippen molar-refractivity contribution in [3.05, 3.63) is 272 Å². The first-order valence-corrected chi connectivity index (χ1v) is 33.3. The van der Waals surface area contributed by atoms with E-state index in [0.29, 0.717) is 125 Å². The van der Waals surface area contributed by atoms with Crippen molar-refractivity contribution in [3.63, 3.8) is 0 Å². The van der Waals surface area contributed by atoms with Crippen LogP contribution in [0.15, 0.2) is 212 Å². The summed E-state index contributed by atoms with van der Waals surface area (Å²) in [5.41, 5.74) is 4.93. The van der Waals surface area contributed by atoms with E-state index in [2.05, 4.69) is 33.5 Å². The van der Waals surface area contributed by atoms with Gasteiger partial charge in [0.2, 0.25) is 5.01 Å². The van der Waals surface area contributed by atoms with Crippen LogP contribution in [0.4, 0.5) is 10.5 Å². The fraction of sp³-hybridized carbons (Fsp3) is 0.329. The predicted octanol–water partition coefficient (Wildman–Crippen LogP) is 13.9. The van der Waals surface area contributed by atoms with E-state index in [1.807, 2.05) is 208 Å². The number of amides is 2. The van der Waals surface area contributed by atoms with Crippen LogP contribution in [0.3, 0.4) is 0 Å². The van der Waals surface area contributed by atoms with Crippen molar-refractivity contribution in [2.45, 2.75) is 63.9 Å². The summed E-state index contributed by atoms with van der Waals surface area (Å²) in [6.45, 7) is 9.38. The van der Waals surface area contributed by atoms with Gasteiger partial charge in [-0.3, -0.25) is 9.59 Å². The molecular formula is C79H87N4O17+. The van der Waals surface area contributed by atoms with Gasteiger partial charge in [-0.1, -0.05) is 187 Å². The monoisotopic (exact) mass is 1360 g/mol. The zero-order chi connectivity index (χ0) is 70.1. The number of hydrogen-bond acceptors (Lipinski definition) is 17. The average molecular weight is 1360 g/mol. The normalized spacial score (nSPS) is 13.3. The number of carbonyl (C=O) groups is 3. The Balaban J connectivity index is 0.000000262. The Kier molecular flexibility index (Phi) is 31.9. The second-order valence-electron chi connectivity index (χ2n) is 22.8. The first kappa shape index (κ1) is 75.3. The molecule has 0 unspecified atom stereocenters. The summed E-state index contributed by atoms with van der Waals surface area (Å²) < 4.78 is 70.0. The molecule has 21 nitrogen and oxygen atoms in total. The maximum atomic E-state index is 13.2. The second kappa shape index (κ2) is 42.4. The third-order valence-electron chi connectivity index (χ3n) is 15.4. The molecule has 0 saturated heterocycles. The molecule has 0 fully saturated rings. The molecule has 2 N–H and O–H groups in total. The van der Waals surface area contributed by atoms with Crippen LogP contribution in [-0.2, 0) is 71.8 Å². The van der Waals surface area contributed by atoms with Crippen molar-refractivity contribution in [3.8, 4) is 35.1 Å². The fourth-order valence-electron chi connectivity index (χ4n) is 10.7. The van der Waals surface area contributed by atoms with E-state index in [4.69, 9.17) is 56.8 Å². The molecule has 1 aliphatic rings. The van der Waals surface area contributed by atoms with Gasteiger partial charge in [0, 0.05) is 52.3 Å². The Morgan fingerprint density at radius 1 is 0.470 bits per heavy atom. The Bertz CT molecular complexity index is 3750. The molecule has 8 aromatic carbocycles. The first-order valence-electron chi connectivity index (χ1n) is 33.3. The maximum absolute atomic E-state index is 13.2. The molecule has 0 bridgehead atoms. The van der Waals surface area contributed by atoms with Gasteiger partial charge in [-0.05, 0) is 74.2 Å². The molecule has 0 saturated carbocycles. The van der Waals surface area contributed by atoms with Crippen molar-refractivity contribution in [1.82, 2.24) is 4.90 Å². The summed E-state index contributed by atoms with van der Waals surface area (Å²) in [5.74, 6) is 1.51. The average Bonchev–Trinajstić information content (AvgIpc) is 0.792. The number of rotatable bonds is 22. The molecule has 0 radical (unpaired) electrons. The summed E-state index contributed by atoms with van der Waals surface area (Å²) in [5, 5.41) is 30.1. The van der Waals surface area contributed by atoms with Gasteiger partial charge in [-0.15, -0.1) is 0 Å². The molecule has 9 rings (SSSR count). The number of urea groups is 1. The van der Waals surface area contributed by atoms with E-state index in [0.717, 1.165) is 33.4 Å². The third-order valence-corrected chi connectivity index (χ3v) is 15.4. The lowest BCUT2D eigenvalue weighted by atomic mass is 9.87. The summed E-state index contributed by atoms with van der Waals surface area (Å²) >= 11 is 0. The SMILES string of the molecule is Cc1cc(C)cc(CN(CCOC(=O)CCCOC(C#[N+][O-])(c2ccccc2)c2ccccc2)C(=O)Nc2ccccc2)c1.O=C(CCCOC(C#[N+]O)(c1ccccc1)c1ccccc1)OCc1ccc2c(c1)OCCOCCOCCOc1ccccc1OCCOCCOCCO2. The number of fused-ring (bicyclic) bond motifs is 2. The van der Waals surface area contributed by atoms with E-state index < -0.39 is 17.2 Å². The van der Waals surface area contributed by atoms with Crippen LogP contribution in [0.1, 0.15) is 70.2 Å². The number of nitrogens with one attached hydrogen (secondary N) is 1. The zero-order valence-corrected chi connectivity index (χ0v) is 56.6. The van der Waals surface area contributed by atoms with E-state index in [1.54, 1.807) is 17.0 Å². The molecule has 0 atom stereocenters. The topological polar surface area (TPSA) is 229 Å². The Hall–Kier alpha value is -10.5. The lowest BCUT2D eigenvalue weighted by Crippen LogP contribution is -2.37. The number of carbonyl (C=O) groups excluding carboxylic acids is 3. The van der Waals surface area contributed by atoms with Crippen LogP contribution in [0.25, 0.3) is 10.0 Å². The highest BCUT2D eigenvalue weighted by Gasteiger charge is 2.42. The minimum Gasteiger partial charge on any atom is -0.498 e. The highest BCUT2D eigenvalue weighted by molar-refractivity contribution is 5.89. The summed E-state index contributed by atoms with van der Waals surface area (Å²) in [4.78, 5) is 40.2. The van der Waals surface area contributed by atoms with E-state index in [-0.39, 0.29) is 71.0 Å². The maximum Gasteiger partial charge on any atom is 0.395 e. The number of anilines is 1. The molecule has 0 aliphatic carbocycles. The minimum absolute atomic E-state index is 0.0382. The van der Waals surface area contributed by atoms with E-state index >= 15 is 0 Å². The second-order valence-corrected chi connectivity index (χ2v) is 22.8. The third kappa shape index (κ3) is 24.8. The van der Waals surface area contributed by atoms with Crippen LogP contribution in [0, 0.1) is 31.2 Å². The van der Waals surface area contributed by atoms with Gasteiger partial charge in [0.15, 0.2) is 23.0 Å². The van der Waals surface area contributed by atoms with Crippen molar-refractivity contribution in [2.24, 2.45) is 0 Å². The standard InChI is InChI=1S/C43H49NO12.C36H37N3O5/c45-42(16-9-19-56-43(34-44-46,36-10-3-1-4-11-36)37-12-5-2-6-13-37)55-33-35-17-18-40-41(32-35)54-31-27-50-23-22-48-25-29-52-39-15-8-7-14-38(39)51-28-24-47-20-21-49-26-30-53-40;1-28-23-29(2)25-30(24-28)26-39(35(41)38-33-17-10-5-11-18-33)20-22-43-34(40)19-12-21-44-36(27-37-42,31-13-6-3-7-14-31)32-15-8-4-9-16-32/h1-8,10-15,17-18,32H,9,16,19-31,33H2;3-11,13-18,23-25H,12,19-22,26H2,1-2H3,(H,38,41)/p+1. The lowest BCUT2D eigenvalue weighted by Gasteiger charge is -2.25. The van der Waals surface area contributed by atoms with Gasteiger partial charge in [0.1, 0.15) is 39.6 Å². The van der Waals surface area contributed by atoms with Gasteiger partial charge < -0.3 is 72.3 Å². The van der Waals surface area contributed by atoms with E-state index in [9.17, 15) is 24.8 Å². The number of ether oxygens (including phenoxy) is 12. The largest absolute Gasteiger partial charge is 0.498 e. The zero-order valence-electron chi connectivity index (χ0n) is 56.6. The number of benzene rings is 8. The van der Waals surface area contributed by atoms with Crippen LogP contribution in [0.2, 0.25) is 0 Å². The Labute approximate surface area is 584 Å². The molecule has 8 aromatic rings. The summed E-state index contributed by atoms with van der Waals surface area (Å²) in [6, 6.07) is 70.6. The first-order chi connectivity index (χ1) is 49.1. The van der Waals surface area contributed by atoms with E-state index in [1.165, 1.54) is 0 Å². The predicted molar refractivity (Wildman–Crippen MR) is 378 cm³/mol. The number of nitrogens with zero attached hydrogens (tertiary/aromatic N) is 3. The molecule has 21 heteroatoms. The molecule has 1 aliphatic heterocycles. The summed E-state index contributed by atoms with van der Waals surface area (Å²) in [6.07, 6.45) is 0.925. The molecule has 2 amide bonds.